The summed E-state index contributed by atoms with van der Waals surface area (Å²) in [4.78, 5) is 23.3. The van der Waals surface area contributed by atoms with Crippen LogP contribution in [0.1, 0.15) is 56.3 Å². The van der Waals surface area contributed by atoms with Gasteiger partial charge in [-0.15, -0.1) is 17.7 Å². The molecule has 0 saturated carbocycles. The molecule has 1 atom stereocenters. The van der Waals surface area contributed by atoms with Gasteiger partial charge in [0.25, 0.3) is 0 Å². The fourth-order valence-corrected chi connectivity index (χ4v) is 3.03. The van der Waals surface area contributed by atoms with Crippen molar-refractivity contribution in [1.29, 1.82) is 0 Å². The van der Waals surface area contributed by atoms with E-state index in [1.807, 2.05) is 6.07 Å². The van der Waals surface area contributed by atoms with Gasteiger partial charge in [0.2, 0.25) is 5.12 Å². The lowest BCUT2D eigenvalue weighted by Gasteiger charge is -2.17. The zero-order valence-electron chi connectivity index (χ0n) is 15.2. The Labute approximate surface area is 163 Å². The van der Waals surface area contributed by atoms with Crippen LogP contribution in [0.2, 0.25) is 0 Å². The second-order valence-corrected chi connectivity index (χ2v) is 6.60. The van der Waals surface area contributed by atoms with Crippen LogP contribution in [-0.2, 0) is 16.1 Å². The summed E-state index contributed by atoms with van der Waals surface area (Å²) < 4.78 is 6.97. The molecule has 1 N–H and O–H groups in total. The molecule has 9 heteroatoms. The Morgan fingerprint density at radius 2 is 1.96 bits per heavy atom. The van der Waals surface area contributed by atoms with Gasteiger partial charge in [0.1, 0.15) is 18.2 Å². The normalized spacial score (nSPS) is 11.9. The second-order valence-electron chi connectivity index (χ2n) is 6.16. The minimum Gasteiger partial charge on any atom is -0.493 e. The van der Waals surface area contributed by atoms with Crippen molar-refractivity contribution in [3.8, 4) is 5.75 Å². The van der Waals surface area contributed by atoms with E-state index in [2.05, 4.69) is 35.1 Å². The van der Waals surface area contributed by atoms with Crippen molar-refractivity contribution in [2.45, 2.75) is 51.5 Å². The lowest BCUT2D eigenvalue weighted by molar-refractivity contribution is -0.138. The first kappa shape index (κ1) is 20.9. The minimum atomic E-state index is -1.11. The Kier molecular flexibility index (Phi) is 8.25. The summed E-state index contributed by atoms with van der Waals surface area (Å²) in [5, 5.41) is 19.6. The van der Waals surface area contributed by atoms with Crippen molar-refractivity contribution in [2.75, 3.05) is 6.61 Å². The van der Waals surface area contributed by atoms with Gasteiger partial charge in [-0.2, -0.15) is 0 Å². The highest BCUT2D eigenvalue weighted by Gasteiger charge is 2.29. The Morgan fingerprint density at radius 1 is 1.22 bits per heavy atom. The molecule has 146 valence electrons. The van der Waals surface area contributed by atoms with E-state index in [4.69, 9.17) is 9.84 Å². The summed E-state index contributed by atoms with van der Waals surface area (Å²) in [7, 11) is 0. The monoisotopic (exact) mass is 392 g/mol. The molecule has 1 heterocycles. The number of thiol groups is 1. The summed E-state index contributed by atoms with van der Waals surface area (Å²) in [6, 6.07) is 7.11. The van der Waals surface area contributed by atoms with Crippen molar-refractivity contribution in [3.63, 3.8) is 0 Å². The molecule has 0 radical (unpaired) electrons. The molecule has 0 aliphatic carbocycles. The summed E-state index contributed by atoms with van der Waals surface area (Å²) >= 11 is 3.97. The number of tetrazole rings is 1. The third-order valence-corrected chi connectivity index (χ3v) is 4.34. The van der Waals surface area contributed by atoms with E-state index in [1.54, 1.807) is 18.2 Å². The van der Waals surface area contributed by atoms with E-state index in [0.29, 0.717) is 17.9 Å². The number of unbranched alkanes of at least 4 members (excludes halogenated alkanes) is 4. The predicted molar refractivity (Wildman–Crippen MR) is 102 cm³/mol. The van der Waals surface area contributed by atoms with Crippen LogP contribution in [0.4, 0.5) is 0 Å². The van der Waals surface area contributed by atoms with Gasteiger partial charge in [0.05, 0.1) is 6.61 Å². The van der Waals surface area contributed by atoms with Gasteiger partial charge in [0.15, 0.2) is 5.82 Å². The summed E-state index contributed by atoms with van der Waals surface area (Å²) in [5.74, 6) is -1.36. The van der Waals surface area contributed by atoms with Crippen LogP contribution >= 0.6 is 12.6 Å². The Balaban J connectivity index is 2.19. The van der Waals surface area contributed by atoms with E-state index >= 15 is 0 Å². The molecule has 8 nitrogen and oxygen atoms in total. The first-order valence-corrected chi connectivity index (χ1v) is 9.41. The Morgan fingerprint density at radius 3 is 2.67 bits per heavy atom. The number of benzene rings is 1. The van der Waals surface area contributed by atoms with Crippen molar-refractivity contribution in [1.82, 2.24) is 20.2 Å². The third-order valence-electron chi connectivity index (χ3n) is 4.09. The molecule has 2 aromatic rings. The molecule has 0 aliphatic rings. The predicted octanol–water partition coefficient (Wildman–Crippen LogP) is 2.70. The average molecular weight is 392 g/mol. The summed E-state index contributed by atoms with van der Waals surface area (Å²) in [6.07, 6.45) is 5.56. The number of aromatic nitrogens is 4. The van der Waals surface area contributed by atoms with Crippen molar-refractivity contribution in [3.05, 3.63) is 35.7 Å². The van der Waals surface area contributed by atoms with E-state index in [-0.39, 0.29) is 5.82 Å². The number of hydrogen-bond acceptors (Lipinski definition) is 6. The zero-order valence-corrected chi connectivity index (χ0v) is 16.1. The topological polar surface area (TPSA) is 107 Å². The van der Waals surface area contributed by atoms with Crippen LogP contribution in [0, 0.1) is 0 Å². The SMILES string of the molecule is CCCCCCCOc1ccccc1C(C(=O)S)c1nnnn1CC(=O)O. The molecular weight excluding hydrogens is 368 g/mol. The van der Waals surface area contributed by atoms with Crippen molar-refractivity contribution >= 4 is 23.7 Å². The lowest BCUT2D eigenvalue weighted by Crippen LogP contribution is -2.20. The molecule has 27 heavy (non-hydrogen) atoms. The first-order valence-electron chi connectivity index (χ1n) is 8.97. The van der Waals surface area contributed by atoms with Gasteiger partial charge in [-0.05, 0) is 22.9 Å². The molecule has 0 fully saturated rings. The lowest BCUT2D eigenvalue weighted by atomic mass is 9.98. The molecule has 0 spiro atoms. The number of carboxylic acids is 1. The molecule has 2 rings (SSSR count). The van der Waals surface area contributed by atoms with Gasteiger partial charge in [0, 0.05) is 5.56 Å². The molecule has 1 unspecified atom stereocenters. The number of ether oxygens (including phenoxy) is 1. The quantitative estimate of drug-likeness (QED) is 0.422. The van der Waals surface area contributed by atoms with Crippen LogP contribution in [0.3, 0.4) is 0 Å². The first-order chi connectivity index (χ1) is 13.0. The number of hydrogen-bond donors (Lipinski definition) is 2. The standard InChI is InChI=1S/C18H24N4O4S/c1-2-3-4-5-8-11-26-14-10-7-6-9-13(14)16(18(25)27)17-19-20-21-22(17)12-15(23)24/h6-7,9-10,16H,2-5,8,11-12H2,1H3,(H,23,24)(H,25,27). The van der Waals surface area contributed by atoms with Crippen LogP contribution < -0.4 is 4.74 Å². The molecular formula is C18H24N4O4S. The van der Waals surface area contributed by atoms with Gasteiger partial charge in [-0.3, -0.25) is 9.59 Å². The molecule has 0 amide bonds. The highest BCUT2D eigenvalue weighted by atomic mass is 32.1. The molecule has 0 saturated heterocycles. The number of para-hydroxylation sites is 1. The van der Waals surface area contributed by atoms with Crippen molar-refractivity contribution < 1.29 is 19.4 Å². The van der Waals surface area contributed by atoms with Crippen LogP contribution in [-0.4, -0.2) is 43.0 Å². The fraction of sp³-hybridized carbons (Fsp3) is 0.500. The molecule has 0 bridgehead atoms. The van der Waals surface area contributed by atoms with Crippen LogP contribution in [0.25, 0.3) is 0 Å². The number of carbonyl (C=O) groups excluding carboxylic acids is 1. The summed E-state index contributed by atoms with van der Waals surface area (Å²) in [5.41, 5.74) is 0.562. The Bertz CT molecular complexity index is 765. The third kappa shape index (κ3) is 6.06. The highest BCUT2D eigenvalue weighted by Crippen LogP contribution is 2.32. The van der Waals surface area contributed by atoms with E-state index in [9.17, 15) is 9.59 Å². The fourth-order valence-electron chi connectivity index (χ4n) is 2.78. The van der Waals surface area contributed by atoms with E-state index in [1.165, 1.54) is 19.3 Å². The molecule has 0 aliphatic heterocycles. The van der Waals surface area contributed by atoms with E-state index < -0.39 is 23.5 Å². The maximum absolute atomic E-state index is 12.2. The van der Waals surface area contributed by atoms with Gasteiger partial charge < -0.3 is 9.84 Å². The zero-order chi connectivity index (χ0) is 19.6. The second kappa shape index (κ2) is 10.7. The highest BCUT2D eigenvalue weighted by molar-refractivity contribution is 7.96. The summed E-state index contributed by atoms with van der Waals surface area (Å²) in [6.45, 7) is 2.26. The largest absolute Gasteiger partial charge is 0.493 e. The number of aliphatic carboxylic acids is 1. The van der Waals surface area contributed by atoms with Crippen LogP contribution in [0.15, 0.2) is 24.3 Å². The molecule has 1 aromatic carbocycles. The molecule has 1 aromatic heterocycles. The van der Waals surface area contributed by atoms with Gasteiger partial charge in [-0.1, -0.05) is 50.8 Å². The maximum Gasteiger partial charge on any atom is 0.325 e. The number of carboxylic acid groups (broad SMARTS) is 1. The smallest absolute Gasteiger partial charge is 0.325 e. The van der Waals surface area contributed by atoms with Gasteiger partial charge >= 0.3 is 5.97 Å². The van der Waals surface area contributed by atoms with E-state index in [0.717, 1.165) is 17.5 Å². The number of nitrogens with zero attached hydrogens (tertiary/aromatic N) is 4. The minimum absolute atomic E-state index is 0.122. The average Bonchev–Trinajstić information content (AvgIpc) is 3.06. The Hall–Kier alpha value is -2.42. The number of rotatable bonds is 12. The number of carbonyl (C=O) groups is 2. The van der Waals surface area contributed by atoms with Crippen LogP contribution in [0.5, 0.6) is 5.75 Å². The van der Waals surface area contributed by atoms with Crippen molar-refractivity contribution in [2.24, 2.45) is 0 Å². The maximum atomic E-state index is 12.2. The van der Waals surface area contributed by atoms with Gasteiger partial charge in [-0.25, -0.2) is 4.68 Å².